The van der Waals surface area contributed by atoms with Gasteiger partial charge in [0.05, 0.1) is 6.61 Å². The lowest BCUT2D eigenvalue weighted by atomic mass is 10.2. The molecule has 0 fully saturated rings. The largest absolute Gasteiger partial charge is 0.395 e. The number of ketones is 1. The average molecular weight is 252 g/mol. The van der Waals surface area contributed by atoms with Gasteiger partial charge in [0.2, 0.25) is 0 Å². The number of hydrogen-bond donors (Lipinski definition) is 1. The number of carbonyl (C=O) groups excluding carboxylic acids is 2. The summed E-state index contributed by atoms with van der Waals surface area (Å²) < 4.78 is 1.65. The molecule has 5 nitrogen and oxygen atoms in total. The molecule has 1 rings (SSSR count). The Morgan fingerprint density at radius 3 is 2.50 bits per heavy atom. The first-order valence-electron chi connectivity index (χ1n) is 6.08. The molecule has 0 radical (unpaired) electrons. The van der Waals surface area contributed by atoms with Crippen molar-refractivity contribution < 1.29 is 14.7 Å². The molecule has 100 valence electrons. The molecule has 1 heterocycles. The predicted molar refractivity (Wildman–Crippen MR) is 68.7 cm³/mol. The summed E-state index contributed by atoms with van der Waals surface area (Å²) in [6.07, 6.45) is 2.48. The van der Waals surface area contributed by atoms with E-state index in [0.29, 0.717) is 24.3 Å². The molecular formula is C13H20N2O3. The quantitative estimate of drug-likeness (QED) is 0.770. The van der Waals surface area contributed by atoms with E-state index < -0.39 is 0 Å². The molecule has 18 heavy (non-hydrogen) atoms. The van der Waals surface area contributed by atoms with Gasteiger partial charge < -0.3 is 14.6 Å². The number of hydrogen-bond acceptors (Lipinski definition) is 3. The molecule has 5 heteroatoms. The highest BCUT2D eigenvalue weighted by Crippen LogP contribution is 2.11. The van der Waals surface area contributed by atoms with Crippen LogP contribution < -0.4 is 0 Å². The van der Waals surface area contributed by atoms with E-state index in [1.54, 1.807) is 28.8 Å². The third kappa shape index (κ3) is 3.20. The number of aromatic nitrogens is 1. The van der Waals surface area contributed by atoms with E-state index in [0.717, 1.165) is 6.42 Å². The average Bonchev–Trinajstić information content (AvgIpc) is 2.70. The van der Waals surface area contributed by atoms with E-state index in [1.165, 1.54) is 6.92 Å². The van der Waals surface area contributed by atoms with Gasteiger partial charge in [-0.3, -0.25) is 9.59 Å². The molecule has 0 atom stereocenters. The predicted octanol–water partition coefficient (Wildman–Crippen LogP) is 1.07. The first kappa shape index (κ1) is 14.4. The van der Waals surface area contributed by atoms with Crippen molar-refractivity contribution in [1.29, 1.82) is 0 Å². The maximum absolute atomic E-state index is 12.3. The number of Topliss-reactive ketones (excluding diaryl/α,β-unsaturated/α-hetero) is 1. The smallest absolute Gasteiger partial charge is 0.270 e. The number of rotatable bonds is 6. The second-order valence-corrected chi connectivity index (χ2v) is 4.30. The van der Waals surface area contributed by atoms with E-state index in [4.69, 9.17) is 5.11 Å². The van der Waals surface area contributed by atoms with E-state index >= 15 is 0 Å². The Labute approximate surface area is 107 Å². The van der Waals surface area contributed by atoms with Crippen LogP contribution in [0.5, 0.6) is 0 Å². The van der Waals surface area contributed by atoms with Crippen LogP contribution in [0.3, 0.4) is 0 Å². The molecule has 0 saturated carbocycles. The van der Waals surface area contributed by atoms with Crippen LogP contribution in [0.4, 0.5) is 0 Å². The number of aliphatic hydroxyl groups excluding tert-OH is 1. The van der Waals surface area contributed by atoms with Crippen LogP contribution in [0.15, 0.2) is 12.3 Å². The van der Waals surface area contributed by atoms with E-state index in [1.807, 2.05) is 6.92 Å². The maximum Gasteiger partial charge on any atom is 0.270 e. The minimum absolute atomic E-state index is 0.0598. The Hall–Kier alpha value is -1.62. The molecule has 1 aromatic rings. The highest BCUT2D eigenvalue weighted by molar-refractivity contribution is 5.99. The Balaban J connectivity index is 2.97. The summed E-state index contributed by atoms with van der Waals surface area (Å²) in [6.45, 7) is 4.30. The zero-order valence-corrected chi connectivity index (χ0v) is 11.1. The molecule has 0 saturated heterocycles. The van der Waals surface area contributed by atoms with Gasteiger partial charge in [0.25, 0.3) is 5.91 Å². The van der Waals surface area contributed by atoms with Crippen molar-refractivity contribution in [3.8, 4) is 0 Å². The lowest BCUT2D eigenvalue weighted by Crippen LogP contribution is -2.35. The van der Waals surface area contributed by atoms with Crippen LogP contribution in [0, 0.1) is 0 Å². The van der Waals surface area contributed by atoms with E-state index in [9.17, 15) is 9.59 Å². The van der Waals surface area contributed by atoms with Crippen molar-refractivity contribution in [2.45, 2.75) is 20.3 Å². The topological polar surface area (TPSA) is 62.5 Å². The molecule has 0 spiro atoms. The molecule has 0 aromatic carbocycles. The second kappa shape index (κ2) is 6.35. The fraction of sp³-hybridized carbons (Fsp3) is 0.538. The molecular weight excluding hydrogens is 232 g/mol. The summed E-state index contributed by atoms with van der Waals surface area (Å²) in [4.78, 5) is 25.1. The molecule has 0 bridgehead atoms. The first-order chi connectivity index (χ1) is 8.51. The van der Waals surface area contributed by atoms with Crippen LogP contribution in [0.1, 0.15) is 41.1 Å². The third-order valence-electron chi connectivity index (χ3n) is 2.78. The van der Waals surface area contributed by atoms with Gasteiger partial charge in [0.15, 0.2) is 5.78 Å². The van der Waals surface area contributed by atoms with Crippen LogP contribution in [-0.4, -0.2) is 46.0 Å². The number of amides is 1. The standard InChI is InChI=1S/C13H20N2O3/c1-4-5-15(6-7-16)13(18)12-8-11(10(2)17)9-14(12)3/h8-9,16H,4-7H2,1-3H3. The normalized spacial score (nSPS) is 10.4. The minimum Gasteiger partial charge on any atom is -0.395 e. The van der Waals surface area contributed by atoms with Crippen molar-refractivity contribution in [2.24, 2.45) is 7.05 Å². The zero-order valence-electron chi connectivity index (χ0n) is 11.1. The van der Waals surface area contributed by atoms with Crippen LogP contribution in [0.25, 0.3) is 0 Å². The van der Waals surface area contributed by atoms with Crippen molar-refractivity contribution in [1.82, 2.24) is 9.47 Å². The van der Waals surface area contributed by atoms with Crippen molar-refractivity contribution in [2.75, 3.05) is 19.7 Å². The first-order valence-corrected chi connectivity index (χ1v) is 6.08. The zero-order chi connectivity index (χ0) is 13.7. The summed E-state index contributed by atoms with van der Waals surface area (Å²) in [5, 5.41) is 8.97. The fourth-order valence-corrected chi connectivity index (χ4v) is 1.84. The maximum atomic E-state index is 12.3. The highest BCUT2D eigenvalue weighted by Gasteiger charge is 2.19. The van der Waals surface area contributed by atoms with Gasteiger partial charge >= 0.3 is 0 Å². The van der Waals surface area contributed by atoms with E-state index in [2.05, 4.69) is 0 Å². The van der Waals surface area contributed by atoms with Crippen LogP contribution in [0.2, 0.25) is 0 Å². The Kier molecular flexibility index (Phi) is 5.09. The number of carbonyl (C=O) groups is 2. The number of aryl methyl sites for hydroxylation is 1. The Bertz CT molecular complexity index is 431. The van der Waals surface area contributed by atoms with Gasteiger partial charge in [-0.2, -0.15) is 0 Å². The molecule has 1 N–H and O–H groups in total. The molecule has 0 aliphatic heterocycles. The number of nitrogens with zero attached hydrogens (tertiary/aromatic N) is 2. The van der Waals surface area contributed by atoms with Gasteiger partial charge in [-0.05, 0) is 19.4 Å². The van der Waals surface area contributed by atoms with Crippen molar-refractivity contribution in [3.63, 3.8) is 0 Å². The number of aliphatic hydroxyl groups is 1. The summed E-state index contributed by atoms with van der Waals surface area (Å²) in [6, 6.07) is 1.60. The molecule has 0 aliphatic rings. The monoisotopic (exact) mass is 252 g/mol. The molecule has 0 unspecified atom stereocenters. The van der Waals surface area contributed by atoms with Crippen molar-refractivity contribution >= 4 is 11.7 Å². The summed E-state index contributed by atoms with van der Waals surface area (Å²) in [5.74, 6) is -0.213. The Morgan fingerprint density at radius 1 is 1.39 bits per heavy atom. The van der Waals surface area contributed by atoms with E-state index in [-0.39, 0.29) is 18.3 Å². The van der Waals surface area contributed by atoms with Gasteiger partial charge in [-0.15, -0.1) is 0 Å². The fourth-order valence-electron chi connectivity index (χ4n) is 1.84. The molecule has 1 amide bonds. The third-order valence-corrected chi connectivity index (χ3v) is 2.78. The highest BCUT2D eigenvalue weighted by atomic mass is 16.3. The molecule has 1 aromatic heterocycles. The van der Waals surface area contributed by atoms with Crippen LogP contribution in [-0.2, 0) is 7.05 Å². The Morgan fingerprint density at radius 2 is 2.06 bits per heavy atom. The minimum atomic E-state index is -0.152. The van der Waals surface area contributed by atoms with Gasteiger partial charge in [0, 0.05) is 31.9 Å². The second-order valence-electron chi connectivity index (χ2n) is 4.30. The summed E-state index contributed by atoms with van der Waals surface area (Å²) in [5.41, 5.74) is 1.00. The van der Waals surface area contributed by atoms with Gasteiger partial charge in [-0.1, -0.05) is 6.92 Å². The lowest BCUT2D eigenvalue weighted by molar-refractivity contribution is 0.0712. The molecule has 0 aliphatic carbocycles. The van der Waals surface area contributed by atoms with Crippen LogP contribution >= 0.6 is 0 Å². The summed E-state index contributed by atoms with van der Waals surface area (Å²) >= 11 is 0. The van der Waals surface area contributed by atoms with Crippen molar-refractivity contribution in [3.05, 3.63) is 23.5 Å². The SMILES string of the molecule is CCCN(CCO)C(=O)c1cc(C(C)=O)cn1C. The van der Waals surface area contributed by atoms with Gasteiger partial charge in [-0.25, -0.2) is 0 Å². The summed E-state index contributed by atoms with van der Waals surface area (Å²) in [7, 11) is 1.74. The van der Waals surface area contributed by atoms with Gasteiger partial charge in [0.1, 0.15) is 5.69 Å². The lowest BCUT2D eigenvalue weighted by Gasteiger charge is -2.21.